The molecule has 3 rings (SSSR count). The maximum absolute atomic E-state index is 13.3. The molecule has 0 bridgehead atoms. The number of carbonyl (C=O) groups is 6. The van der Waals surface area contributed by atoms with Gasteiger partial charge in [0.1, 0.15) is 17.4 Å². The summed E-state index contributed by atoms with van der Waals surface area (Å²) >= 11 is 0. The van der Waals surface area contributed by atoms with E-state index < -0.39 is 52.7 Å². The highest BCUT2D eigenvalue weighted by molar-refractivity contribution is 6.20. The predicted molar refractivity (Wildman–Crippen MR) is 129 cm³/mol. The smallest absolute Gasteiger partial charge is 0.407 e. The third-order valence-electron chi connectivity index (χ3n) is 6.19. The Morgan fingerprint density at radius 2 is 1.81 bits per heavy atom. The van der Waals surface area contributed by atoms with Crippen LogP contribution in [0.5, 0.6) is 0 Å². The first kappa shape index (κ1) is 27.9. The van der Waals surface area contributed by atoms with Gasteiger partial charge in [0, 0.05) is 19.5 Å². The molecule has 2 unspecified atom stereocenters. The average molecular weight is 519 g/mol. The number of hydrogen-bond donors (Lipinski definition) is 3. The molecule has 0 aromatic carbocycles. The minimum absolute atomic E-state index is 0.0298. The molecular weight excluding hydrogens is 484 g/mol. The minimum Gasteiger partial charge on any atom is -0.483 e. The molecule has 0 aromatic heterocycles. The fraction of sp³-hybridized carbons (Fsp3) is 0.600. The number of unbranched alkanes of at least 4 members (excludes halogenated alkanes) is 1. The normalized spacial score (nSPS) is 23.6. The van der Waals surface area contributed by atoms with Gasteiger partial charge < -0.3 is 20.1 Å². The number of fused-ring (bicyclic) bond motifs is 1. The number of piperidine rings is 1. The number of rotatable bonds is 9. The van der Waals surface area contributed by atoms with Gasteiger partial charge in [0.05, 0.1) is 11.0 Å². The summed E-state index contributed by atoms with van der Waals surface area (Å²) in [7, 11) is 0. The Morgan fingerprint density at radius 3 is 2.46 bits per heavy atom. The molecule has 3 N–H and O–H groups in total. The zero-order chi connectivity index (χ0) is 27.4. The van der Waals surface area contributed by atoms with Crippen molar-refractivity contribution >= 4 is 35.6 Å². The summed E-state index contributed by atoms with van der Waals surface area (Å²) in [6, 6.07) is -1.07. The Hall–Kier alpha value is -3.70. The van der Waals surface area contributed by atoms with Crippen molar-refractivity contribution in [3.05, 3.63) is 23.5 Å². The number of nitrogens with zero attached hydrogens (tertiary/aromatic N) is 1. The number of carbonyl (C=O) groups excluding carboxylic acids is 6. The number of likely N-dealkylation sites (tertiary alicyclic amines) is 1. The van der Waals surface area contributed by atoms with Crippen molar-refractivity contribution in [1.82, 2.24) is 20.9 Å². The molecular formula is C25H34N4O8. The van der Waals surface area contributed by atoms with E-state index in [1.165, 1.54) is 0 Å². The van der Waals surface area contributed by atoms with E-state index in [1.54, 1.807) is 39.8 Å². The number of imide groups is 2. The van der Waals surface area contributed by atoms with Gasteiger partial charge in [0.2, 0.25) is 17.7 Å². The molecule has 0 spiro atoms. The Kier molecular flexibility index (Phi) is 8.39. The molecule has 0 radical (unpaired) electrons. The lowest BCUT2D eigenvalue weighted by atomic mass is 9.77. The van der Waals surface area contributed by atoms with Gasteiger partial charge in [-0.25, -0.2) is 4.79 Å². The second kappa shape index (κ2) is 11.1. The zero-order valence-corrected chi connectivity index (χ0v) is 21.6. The van der Waals surface area contributed by atoms with Gasteiger partial charge in [0.15, 0.2) is 6.61 Å². The van der Waals surface area contributed by atoms with Crippen LogP contribution >= 0.6 is 0 Å². The lowest BCUT2D eigenvalue weighted by Crippen LogP contribution is -2.54. The van der Waals surface area contributed by atoms with Gasteiger partial charge in [0.25, 0.3) is 11.8 Å². The molecule has 1 aliphatic carbocycles. The summed E-state index contributed by atoms with van der Waals surface area (Å²) in [4.78, 5) is 75.1. The largest absolute Gasteiger partial charge is 0.483 e. The first-order valence-electron chi connectivity index (χ1n) is 12.3. The zero-order valence-electron chi connectivity index (χ0n) is 21.6. The molecule has 12 nitrogen and oxygen atoms in total. The third-order valence-corrected chi connectivity index (χ3v) is 6.19. The molecule has 12 heteroatoms. The fourth-order valence-electron chi connectivity index (χ4n) is 4.38. The van der Waals surface area contributed by atoms with Crippen LogP contribution in [-0.4, -0.2) is 71.9 Å². The molecule has 6 amide bonds. The van der Waals surface area contributed by atoms with Gasteiger partial charge >= 0.3 is 6.09 Å². The lowest BCUT2D eigenvalue weighted by Gasteiger charge is -2.29. The van der Waals surface area contributed by atoms with E-state index in [9.17, 15) is 28.8 Å². The monoisotopic (exact) mass is 518 g/mol. The average Bonchev–Trinajstić information content (AvgIpc) is 2.99. The highest BCUT2D eigenvalue weighted by Crippen LogP contribution is 2.46. The maximum Gasteiger partial charge on any atom is 0.407 e. The lowest BCUT2D eigenvalue weighted by molar-refractivity contribution is -0.152. The Balaban J connectivity index is 1.51. The molecule has 202 valence electrons. The van der Waals surface area contributed by atoms with Crippen molar-refractivity contribution < 1.29 is 38.2 Å². The molecule has 0 aromatic rings. The van der Waals surface area contributed by atoms with Crippen LogP contribution in [0.1, 0.15) is 59.8 Å². The number of amides is 6. The van der Waals surface area contributed by atoms with E-state index in [2.05, 4.69) is 16.0 Å². The molecule has 3 aliphatic rings. The fourth-order valence-corrected chi connectivity index (χ4v) is 4.38. The van der Waals surface area contributed by atoms with Crippen LogP contribution in [0.3, 0.4) is 0 Å². The summed E-state index contributed by atoms with van der Waals surface area (Å²) < 4.78 is 10.8. The van der Waals surface area contributed by atoms with Crippen molar-refractivity contribution in [1.29, 1.82) is 0 Å². The highest BCUT2D eigenvalue weighted by Gasteiger charge is 2.58. The van der Waals surface area contributed by atoms with Crippen LogP contribution in [0.4, 0.5) is 4.79 Å². The van der Waals surface area contributed by atoms with E-state index in [0.29, 0.717) is 25.9 Å². The third kappa shape index (κ3) is 6.55. The molecule has 2 atom stereocenters. The van der Waals surface area contributed by atoms with E-state index in [-0.39, 0.29) is 37.2 Å². The van der Waals surface area contributed by atoms with E-state index in [4.69, 9.17) is 9.47 Å². The first-order chi connectivity index (χ1) is 17.3. The topological polar surface area (TPSA) is 160 Å². The molecule has 2 saturated heterocycles. The van der Waals surface area contributed by atoms with Crippen LogP contribution in [0.25, 0.3) is 0 Å². The van der Waals surface area contributed by atoms with Crippen LogP contribution in [0, 0.1) is 5.41 Å². The second-order valence-corrected chi connectivity index (χ2v) is 10.4. The molecule has 2 heterocycles. The van der Waals surface area contributed by atoms with E-state index in [1.807, 2.05) is 0 Å². The van der Waals surface area contributed by atoms with Gasteiger partial charge in [-0.2, -0.15) is 0 Å². The van der Waals surface area contributed by atoms with Gasteiger partial charge in [-0.3, -0.25) is 34.2 Å². The molecule has 37 heavy (non-hydrogen) atoms. The molecule has 0 saturated carbocycles. The molecule has 2 fully saturated rings. The van der Waals surface area contributed by atoms with Gasteiger partial charge in [-0.05, 0) is 59.5 Å². The van der Waals surface area contributed by atoms with E-state index in [0.717, 1.165) is 4.90 Å². The predicted octanol–water partition coefficient (Wildman–Crippen LogP) is 0.818. The second-order valence-electron chi connectivity index (χ2n) is 10.4. The number of hydrogen-bond acceptors (Lipinski definition) is 8. The summed E-state index contributed by atoms with van der Waals surface area (Å²) in [6.07, 6.45) is 4.31. The quantitative estimate of drug-likeness (QED) is 0.299. The summed E-state index contributed by atoms with van der Waals surface area (Å²) in [5.41, 5.74) is -1.69. The first-order valence-corrected chi connectivity index (χ1v) is 12.3. The molecule has 2 aliphatic heterocycles. The van der Waals surface area contributed by atoms with E-state index >= 15 is 0 Å². The summed E-state index contributed by atoms with van der Waals surface area (Å²) in [6.45, 7) is 7.33. The number of allylic oxidation sites excluding steroid dienone is 2. The van der Waals surface area contributed by atoms with Crippen molar-refractivity contribution in [3.63, 3.8) is 0 Å². The number of ether oxygens (including phenoxy) is 2. The Morgan fingerprint density at radius 1 is 1.14 bits per heavy atom. The van der Waals surface area contributed by atoms with Crippen LogP contribution in [-0.2, 0) is 33.4 Å². The number of nitrogens with one attached hydrogen (secondary N) is 3. The van der Waals surface area contributed by atoms with Crippen molar-refractivity contribution in [3.8, 4) is 0 Å². The summed E-state index contributed by atoms with van der Waals surface area (Å²) in [5, 5.41) is 7.52. The SMILES string of the molecule is CC(C)(C)OC(=O)NCCCCNC(=O)COC1=C2C(=O)N(C3CCC(=O)NC3=O)C(=O)C2(C)CC=C1. The summed E-state index contributed by atoms with van der Waals surface area (Å²) in [5.74, 6) is -2.61. The van der Waals surface area contributed by atoms with Gasteiger partial charge in [-0.1, -0.05) is 6.08 Å². The number of alkyl carbamates (subject to hydrolysis) is 1. The highest BCUT2D eigenvalue weighted by atomic mass is 16.6. The van der Waals surface area contributed by atoms with Crippen LogP contribution < -0.4 is 16.0 Å². The van der Waals surface area contributed by atoms with Crippen LogP contribution in [0.2, 0.25) is 0 Å². The van der Waals surface area contributed by atoms with Crippen molar-refractivity contribution in [2.75, 3.05) is 19.7 Å². The minimum atomic E-state index is -1.22. The van der Waals surface area contributed by atoms with Crippen molar-refractivity contribution in [2.45, 2.75) is 71.4 Å². The van der Waals surface area contributed by atoms with Crippen molar-refractivity contribution in [2.24, 2.45) is 5.41 Å². The Labute approximate surface area is 215 Å². The van der Waals surface area contributed by atoms with Gasteiger partial charge in [-0.15, -0.1) is 0 Å². The van der Waals surface area contributed by atoms with Crippen LogP contribution in [0.15, 0.2) is 23.5 Å². The maximum atomic E-state index is 13.3. The standard InChI is InChI=1S/C25H34N4O8/c1-24(2,3)37-23(35)27-13-6-5-12-26-18(31)14-36-16-8-7-11-25(4)19(16)21(33)29(22(25)34)15-9-10-17(30)28-20(15)32/h7-8,15H,5-6,9-14H2,1-4H3,(H,26,31)(H,27,35)(H,28,30,32). The Bertz CT molecular complexity index is 1060.